The predicted octanol–water partition coefficient (Wildman–Crippen LogP) is 4.12. The zero-order valence-corrected chi connectivity index (χ0v) is 11.4. The average Bonchev–Trinajstić information content (AvgIpc) is 2.47. The van der Waals surface area contributed by atoms with Gasteiger partial charge in [0.25, 0.3) is 0 Å². The van der Waals surface area contributed by atoms with E-state index < -0.39 is 0 Å². The highest BCUT2D eigenvalue weighted by atomic mass is 14.9. The second kappa shape index (κ2) is 5.21. The van der Waals surface area contributed by atoms with Gasteiger partial charge in [0, 0.05) is 28.6 Å². The smallest absolute Gasteiger partial charge is 0.0723 e. The molecule has 0 aliphatic carbocycles. The number of pyridine rings is 1. The minimum Gasteiger partial charge on any atom is -0.399 e. The zero-order valence-electron chi connectivity index (χ0n) is 11.4. The fraction of sp³-hybridized carbons (Fsp3) is 0.118. The molecule has 3 rings (SSSR count). The minimum absolute atomic E-state index is 0.752. The van der Waals surface area contributed by atoms with Gasteiger partial charge in [0.2, 0.25) is 0 Å². The Bertz CT molecular complexity index is 750. The summed E-state index contributed by atoms with van der Waals surface area (Å²) in [6.07, 6.45) is 2.84. The highest BCUT2D eigenvalue weighted by Gasteiger charge is 2.03. The largest absolute Gasteiger partial charge is 0.399 e. The van der Waals surface area contributed by atoms with Gasteiger partial charge in [-0.3, -0.25) is 4.98 Å². The van der Waals surface area contributed by atoms with Crippen LogP contribution in [0.2, 0.25) is 0 Å². The first-order chi connectivity index (χ1) is 9.76. The number of hydrogen-bond donors (Lipinski definition) is 2. The number of hydrogen-bond acceptors (Lipinski definition) is 3. The minimum atomic E-state index is 0.752. The number of nitrogen functional groups attached to an aromatic ring is 1. The summed E-state index contributed by atoms with van der Waals surface area (Å²) < 4.78 is 0. The molecule has 3 heteroatoms. The molecule has 0 aliphatic heterocycles. The molecule has 3 nitrogen and oxygen atoms in total. The quantitative estimate of drug-likeness (QED) is 0.699. The lowest BCUT2D eigenvalue weighted by Crippen LogP contribution is -1.94. The molecule has 0 unspecified atom stereocenters. The Kier molecular flexibility index (Phi) is 3.25. The van der Waals surface area contributed by atoms with Crippen LogP contribution in [0.15, 0.2) is 54.7 Å². The number of anilines is 3. The van der Waals surface area contributed by atoms with Gasteiger partial charge in [0.1, 0.15) is 0 Å². The molecule has 0 amide bonds. The van der Waals surface area contributed by atoms with E-state index in [0.717, 1.165) is 34.4 Å². The number of fused-ring (bicyclic) bond motifs is 1. The number of aromatic nitrogens is 1. The number of benzene rings is 2. The van der Waals surface area contributed by atoms with E-state index in [1.807, 2.05) is 36.5 Å². The summed E-state index contributed by atoms with van der Waals surface area (Å²) in [6, 6.07) is 16.1. The van der Waals surface area contributed by atoms with Gasteiger partial charge in [-0.1, -0.05) is 19.1 Å². The molecular formula is C17H17N3. The Balaban J connectivity index is 2.06. The van der Waals surface area contributed by atoms with Crippen molar-refractivity contribution in [3.05, 3.63) is 60.3 Å². The van der Waals surface area contributed by atoms with Crippen molar-refractivity contribution in [2.75, 3.05) is 11.1 Å². The molecule has 0 spiro atoms. The lowest BCUT2D eigenvalue weighted by atomic mass is 10.1. The third-order valence-electron chi connectivity index (χ3n) is 3.38. The number of rotatable bonds is 3. The standard InChI is InChI=1S/C17H17N3/c1-2-12-6-7-16-15(10-12)17(8-9-19-16)20-14-5-3-4-13(18)11-14/h3-11H,2,18H2,1H3,(H,19,20). The molecule has 0 saturated carbocycles. The van der Waals surface area contributed by atoms with Gasteiger partial charge in [-0.25, -0.2) is 0 Å². The number of nitrogens with one attached hydrogen (secondary N) is 1. The summed E-state index contributed by atoms with van der Waals surface area (Å²) in [5.41, 5.74) is 10.9. The summed E-state index contributed by atoms with van der Waals surface area (Å²) in [5.74, 6) is 0. The fourth-order valence-corrected chi connectivity index (χ4v) is 2.29. The molecule has 100 valence electrons. The molecule has 20 heavy (non-hydrogen) atoms. The first-order valence-corrected chi connectivity index (χ1v) is 6.76. The first-order valence-electron chi connectivity index (χ1n) is 6.76. The highest BCUT2D eigenvalue weighted by Crippen LogP contribution is 2.26. The molecule has 1 heterocycles. The van der Waals surface area contributed by atoms with Gasteiger partial charge in [0.05, 0.1) is 5.52 Å². The summed E-state index contributed by atoms with van der Waals surface area (Å²) in [6.45, 7) is 2.16. The molecule has 0 saturated heterocycles. The van der Waals surface area contributed by atoms with Crippen molar-refractivity contribution in [2.24, 2.45) is 0 Å². The Morgan fingerprint density at radius 3 is 2.80 bits per heavy atom. The van der Waals surface area contributed by atoms with E-state index in [1.54, 1.807) is 0 Å². The van der Waals surface area contributed by atoms with Crippen LogP contribution < -0.4 is 11.1 Å². The van der Waals surface area contributed by atoms with Gasteiger partial charge in [-0.2, -0.15) is 0 Å². The Hall–Kier alpha value is -2.55. The molecule has 0 radical (unpaired) electrons. The Morgan fingerprint density at radius 2 is 2.00 bits per heavy atom. The molecule has 0 bridgehead atoms. The summed E-state index contributed by atoms with van der Waals surface area (Å²) >= 11 is 0. The third-order valence-corrected chi connectivity index (χ3v) is 3.38. The highest BCUT2D eigenvalue weighted by molar-refractivity contribution is 5.93. The molecule has 0 aliphatic rings. The number of aryl methyl sites for hydroxylation is 1. The second-order valence-corrected chi connectivity index (χ2v) is 4.81. The van der Waals surface area contributed by atoms with Crippen LogP contribution in [0.4, 0.5) is 17.1 Å². The van der Waals surface area contributed by atoms with Crippen LogP contribution in [0.3, 0.4) is 0 Å². The predicted molar refractivity (Wildman–Crippen MR) is 85.3 cm³/mol. The monoisotopic (exact) mass is 263 g/mol. The van der Waals surface area contributed by atoms with Crippen LogP contribution in [-0.4, -0.2) is 4.98 Å². The molecular weight excluding hydrogens is 246 g/mol. The van der Waals surface area contributed by atoms with E-state index in [1.165, 1.54) is 5.56 Å². The van der Waals surface area contributed by atoms with Gasteiger partial charge in [-0.15, -0.1) is 0 Å². The number of nitrogens with zero attached hydrogens (tertiary/aromatic N) is 1. The van der Waals surface area contributed by atoms with E-state index in [4.69, 9.17) is 5.73 Å². The maximum atomic E-state index is 5.82. The van der Waals surface area contributed by atoms with Crippen LogP contribution >= 0.6 is 0 Å². The van der Waals surface area contributed by atoms with Gasteiger partial charge < -0.3 is 11.1 Å². The maximum absolute atomic E-state index is 5.82. The summed E-state index contributed by atoms with van der Waals surface area (Å²) in [5, 5.41) is 4.55. The van der Waals surface area contributed by atoms with E-state index in [9.17, 15) is 0 Å². The van der Waals surface area contributed by atoms with E-state index in [-0.39, 0.29) is 0 Å². The normalized spacial score (nSPS) is 10.7. The van der Waals surface area contributed by atoms with Crippen LogP contribution in [0.25, 0.3) is 10.9 Å². The molecule has 1 aromatic heterocycles. The van der Waals surface area contributed by atoms with E-state index >= 15 is 0 Å². The Morgan fingerprint density at radius 1 is 1.10 bits per heavy atom. The van der Waals surface area contributed by atoms with Crippen molar-refractivity contribution in [3.8, 4) is 0 Å². The summed E-state index contributed by atoms with van der Waals surface area (Å²) in [4.78, 5) is 4.41. The van der Waals surface area contributed by atoms with Crippen molar-refractivity contribution >= 4 is 28.0 Å². The topological polar surface area (TPSA) is 50.9 Å². The van der Waals surface area contributed by atoms with Crippen LogP contribution in [-0.2, 0) is 6.42 Å². The molecule has 3 N–H and O–H groups in total. The van der Waals surface area contributed by atoms with Crippen molar-refractivity contribution in [1.82, 2.24) is 4.98 Å². The molecule has 3 aromatic rings. The second-order valence-electron chi connectivity index (χ2n) is 4.81. The maximum Gasteiger partial charge on any atom is 0.0723 e. The first kappa shape index (κ1) is 12.5. The lowest BCUT2D eigenvalue weighted by Gasteiger charge is -2.11. The SMILES string of the molecule is CCc1ccc2nccc(Nc3cccc(N)c3)c2c1. The van der Waals surface area contributed by atoms with Crippen LogP contribution in [0.5, 0.6) is 0 Å². The van der Waals surface area contributed by atoms with Crippen LogP contribution in [0, 0.1) is 0 Å². The van der Waals surface area contributed by atoms with E-state index in [2.05, 4.69) is 35.4 Å². The van der Waals surface area contributed by atoms with Crippen molar-refractivity contribution < 1.29 is 0 Å². The third kappa shape index (κ3) is 2.43. The molecule has 0 fully saturated rings. The van der Waals surface area contributed by atoms with Crippen molar-refractivity contribution in [3.63, 3.8) is 0 Å². The average molecular weight is 263 g/mol. The summed E-state index contributed by atoms with van der Waals surface area (Å²) in [7, 11) is 0. The molecule has 0 atom stereocenters. The van der Waals surface area contributed by atoms with Crippen LogP contribution in [0.1, 0.15) is 12.5 Å². The van der Waals surface area contributed by atoms with Gasteiger partial charge in [0.15, 0.2) is 0 Å². The van der Waals surface area contributed by atoms with Gasteiger partial charge in [-0.05, 0) is 48.4 Å². The van der Waals surface area contributed by atoms with Crippen molar-refractivity contribution in [1.29, 1.82) is 0 Å². The lowest BCUT2D eigenvalue weighted by molar-refractivity contribution is 1.14. The van der Waals surface area contributed by atoms with Gasteiger partial charge >= 0.3 is 0 Å². The van der Waals surface area contributed by atoms with E-state index in [0.29, 0.717) is 0 Å². The zero-order chi connectivity index (χ0) is 13.9. The Labute approximate surface area is 118 Å². The number of nitrogens with two attached hydrogens (primary N) is 1. The van der Waals surface area contributed by atoms with Crippen molar-refractivity contribution in [2.45, 2.75) is 13.3 Å². The fourth-order valence-electron chi connectivity index (χ4n) is 2.29. The molecule has 2 aromatic carbocycles.